The number of rotatable bonds is 4. The number of carboxylic acid groups (broad SMARTS) is 2. The van der Waals surface area contributed by atoms with Crippen LogP contribution in [0.25, 0.3) is 0 Å². The topological polar surface area (TPSA) is 96.2 Å². The van der Waals surface area contributed by atoms with E-state index in [0.29, 0.717) is 0 Å². The lowest BCUT2D eigenvalue weighted by Crippen LogP contribution is -2.10. The lowest BCUT2D eigenvalue weighted by Gasteiger charge is -1.93. The molecule has 0 aliphatic carbocycles. The summed E-state index contributed by atoms with van der Waals surface area (Å²) in [4.78, 5) is 24.0. The van der Waals surface area contributed by atoms with E-state index in [9.17, 15) is 9.59 Å². The minimum atomic E-state index is -1.24. The van der Waals surface area contributed by atoms with Gasteiger partial charge < -0.3 is 15.1 Å². The van der Waals surface area contributed by atoms with Gasteiger partial charge in [-0.2, -0.15) is 0 Å². The van der Waals surface area contributed by atoms with Crippen molar-refractivity contribution in [2.75, 3.05) is 6.61 Å². The van der Waals surface area contributed by atoms with Crippen molar-refractivity contribution < 1.29 is 24.6 Å². The summed E-state index contributed by atoms with van der Waals surface area (Å²) in [5.74, 6) is -2.44. The zero-order valence-electron chi connectivity index (χ0n) is 5.77. The van der Waals surface area contributed by atoms with Crippen LogP contribution in [0.2, 0.25) is 0 Å². The minimum absolute atomic E-state index is 0.286. The summed E-state index contributed by atoms with van der Waals surface area (Å²) in [5, 5.41) is 19.2. The monoisotopic (exact) mass is 161 g/mol. The molecule has 0 aliphatic heterocycles. The molecule has 0 bridgehead atoms. The third-order valence-electron chi connectivity index (χ3n) is 0.699. The number of nitrogens with zero attached hydrogens (tertiary/aromatic N) is 1. The molecular weight excluding hydrogens is 154 g/mol. The van der Waals surface area contributed by atoms with Gasteiger partial charge in [-0.15, -0.1) is 0 Å². The van der Waals surface area contributed by atoms with Crippen molar-refractivity contribution >= 4 is 17.7 Å². The molecule has 0 rings (SSSR count). The van der Waals surface area contributed by atoms with Crippen molar-refractivity contribution in [1.82, 2.24) is 0 Å². The summed E-state index contributed by atoms with van der Waals surface area (Å²) in [6.45, 7) is 0.564. The van der Waals surface area contributed by atoms with Crippen molar-refractivity contribution in [3.8, 4) is 0 Å². The highest BCUT2D eigenvalue weighted by Gasteiger charge is 2.02. The van der Waals surface area contributed by atoms with Crippen LogP contribution in [0.1, 0.15) is 6.92 Å². The molecule has 2 N–H and O–H groups in total. The Morgan fingerprint density at radius 2 is 2.00 bits per heavy atom. The number of hydrogen-bond donors (Lipinski definition) is 2. The molecule has 0 amide bonds. The zero-order valence-corrected chi connectivity index (χ0v) is 5.77. The fourth-order valence-corrected chi connectivity index (χ4v) is 0.223. The van der Waals surface area contributed by atoms with E-state index in [1.54, 1.807) is 0 Å². The van der Waals surface area contributed by atoms with Crippen molar-refractivity contribution in [2.45, 2.75) is 6.92 Å². The average Bonchev–Trinajstić information content (AvgIpc) is 1.86. The van der Waals surface area contributed by atoms with Gasteiger partial charge in [-0.05, 0) is 6.92 Å². The van der Waals surface area contributed by atoms with Gasteiger partial charge in [0.05, 0.1) is 0 Å². The van der Waals surface area contributed by atoms with Crippen LogP contribution in [0.5, 0.6) is 0 Å². The fraction of sp³-hybridized carbons (Fsp3) is 0.400. The first-order valence-electron chi connectivity index (χ1n) is 2.65. The Kier molecular flexibility index (Phi) is 3.65. The van der Waals surface area contributed by atoms with Gasteiger partial charge in [0, 0.05) is 0 Å². The Balaban J connectivity index is 3.74. The Labute approximate surface area is 62.1 Å². The highest BCUT2D eigenvalue weighted by Crippen LogP contribution is 1.81. The molecule has 0 unspecified atom stereocenters. The number of aliphatic carboxylic acids is 2. The maximum absolute atomic E-state index is 10.0. The summed E-state index contributed by atoms with van der Waals surface area (Å²) in [6.07, 6.45) is 0. The smallest absolute Gasteiger partial charge is 0.353 e. The molecule has 62 valence electrons. The first-order chi connectivity index (χ1) is 5.04. The van der Waals surface area contributed by atoms with E-state index < -0.39 is 18.5 Å². The van der Waals surface area contributed by atoms with Gasteiger partial charge in [-0.3, -0.25) is 0 Å². The van der Waals surface area contributed by atoms with E-state index in [-0.39, 0.29) is 5.71 Å². The first-order valence-corrected chi connectivity index (χ1v) is 2.65. The van der Waals surface area contributed by atoms with Crippen molar-refractivity contribution in [3.05, 3.63) is 0 Å². The summed E-state index contributed by atoms with van der Waals surface area (Å²) in [5.41, 5.74) is -0.286. The van der Waals surface area contributed by atoms with E-state index in [1.165, 1.54) is 6.92 Å². The van der Waals surface area contributed by atoms with Crippen molar-refractivity contribution in [3.63, 3.8) is 0 Å². The summed E-state index contributed by atoms with van der Waals surface area (Å²) >= 11 is 0. The normalized spacial score (nSPS) is 10.8. The van der Waals surface area contributed by atoms with Gasteiger partial charge in [-0.1, -0.05) is 5.16 Å². The van der Waals surface area contributed by atoms with Crippen LogP contribution < -0.4 is 0 Å². The number of hydrogen-bond acceptors (Lipinski definition) is 4. The second-order valence-electron chi connectivity index (χ2n) is 1.65. The van der Waals surface area contributed by atoms with Gasteiger partial charge in [0.2, 0.25) is 6.61 Å². The maximum Gasteiger partial charge on any atom is 0.353 e. The number of oxime groups is 1. The van der Waals surface area contributed by atoms with E-state index in [4.69, 9.17) is 10.2 Å². The van der Waals surface area contributed by atoms with Crippen LogP contribution in [0.15, 0.2) is 5.16 Å². The molecule has 0 aromatic carbocycles. The molecule has 0 aromatic heterocycles. The van der Waals surface area contributed by atoms with Crippen molar-refractivity contribution in [1.29, 1.82) is 0 Å². The molecule has 0 spiro atoms. The highest BCUT2D eigenvalue weighted by atomic mass is 16.6. The maximum atomic E-state index is 10.0. The molecule has 6 heteroatoms. The van der Waals surface area contributed by atoms with Crippen LogP contribution in [-0.2, 0) is 14.4 Å². The van der Waals surface area contributed by atoms with Gasteiger partial charge in [-0.25, -0.2) is 9.59 Å². The zero-order chi connectivity index (χ0) is 8.85. The van der Waals surface area contributed by atoms with Gasteiger partial charge in [0.25, 0.3) is 0 Å². The first kappa shape index (κ1) is 9.41. The summed E-state index contributed by atoms with van der Waals surface area (Å²) in [6, 6.07) is 0. The third-order valence-corrected chi connectivity index (χ3v) is 0.699. The van der Waals surface area contributed by atoms with E-state index in [0.717, 1.165) is 0 Å². The highest BCUT2D eigenvalue weighted by molar-refractivity contribution is 6.34. The number of carbonyl (C=O) groups is 2. The molecule has 0 radical (unpaired) electrons. The van der Waals surface area contributed by atoms with Crippen molar-refractivity contribution in [2.24, 2.45) is 5.16 Å². The van der Waals surface area contributed by atoms with Crippen LogP contribution in [0.4, 0.5) is 0 Å². The molecule has 0 aliphatic rings. The third kappa shape index (κ3) is 4.89. The second-order valence-corrected chi connectivity index (χ2v) is 1.65. The SMILES string of the molecule is C/C(=N\OCC(=O)O)C(=O)O. The van der Waals surface area contributed by atoms with Crippen LogP contribution in [0, 0.1) is 0 Å². The van der Waals surface area contributed by atoms with E-state index in [1.807, 2.05) is 0 Å². The van der Waals surface area contributed by atoms with Crippen LogP contribution >= 0.6 is 0 Å². The fourth-order valence-electron chi connectivity index (χ4n) is 0.223. The predicted octanol–water partition coefficient (Wildman–Crippen LogP) is -0.452. The molecule has 0 heterocycles. The lowest BCUT2D eigenvalue weighted by atomic mass is 10.4. The Bertz CT molecular complexity index is 197. The molecule has 0 aromatic rings. The summed E-state index contributed by atoms with van der Waals surface area (Å²) in [7, 11) is 0. The van der Waals surface area contributed by atoms with Gasteiger partial charge >= 0.3 is 11.9 Å². The number of carboxylic acids is 2. The van der Waals surface area contributed by atoms with Gasteiger partial charge in [0.15, 0.2) is 5.71 Å². The Hall–Kier alpha value is -1.59. The lowest BCUT2D eigenvalue weighted by molar-refractivity contribution is -0.142. The molecular formula is C5H7NO5. The Morgan fingerprint density at radius 1 is 1.45 bits per heavy atom. The quantitative estimate of drug-likeness (QED) is 0.430. The standard InChI is InChI=1S/C5H7NO5/c1-3(5(9)10)6-11-2-4(7)8/h2H2,1H3,(H,7,8)(H,9,10)/b6-3+. The largest absolute Gasteiger partial charge is 0.479 e. The van der Waals surface area contributed by atoms with Gasteiger partial charge in [0.1, 0.15) is 0 Å². The average molecular weight is 161 g/mol. The minimum Gasteiger partial charge on any atom is -0.479 e. The van der Waals surface area contributed by atoms with Crippen LogP contribution in [0.3, 0.4) is 0 Å². The Morgan fingerprint density at radius 3 is 2.36 bits per heavy atom. The molecule has 0 saturated heterocycles. The molecule has 0 atom stereocenters. The van der Waals surface area contributed by atoms with E-state index in [2.05, 4.69) is 9.99 Å². The molecule has 0 saturated carbocycles. The molecule has 11 heavy (non-hydrogen) atoms. The molecule has 6 nitrogen and oxygen atoms in total. The summed E-state index contributed by atoms with van der Waals surface area (Å²) < 4.78 is 0. The second kappa shape index (κ2) is 4.26. The van der Waals surface area contributed by atoms with E-state index >= 15 is 0 Å². The predicted molar refractivity (Wildman–Crippen MR) is 34.3 cm³/mol. The van der Waals surface area contributed by atoms with Crippen LogP contribution in [-0.4, -0.2) is 34.5 Å². The molecule has 0 fully saturated rings.